The fraction of sp³-hybridized carbons (Fsp3) is 0.333. The molecule has 7 N–H and O–H groups in total. The molecule has 1 unspecified atom stereocenters. The number of hydrogen-bond acceptors (Lipinski definition) is 7. The number of nitro benzene ring substituents is 1. The van der Waals surface area contributed by atoms with Gasteiger partial charge in [-0.1, -0.05) is 36.8 Å². The topological polar surface area (TPSA) is 176 Å². The Morgan fingerprint density at radius 3 is 2.07 bits per heavy atom. The van der Waals surface area contributed by atoms with Crippen LogP contribution in [0.3, 0.4) is 0 Å². The van der Waals surface area contributed by atoms with E-state index in [0.717, 1.165) is 25.8 Å². The zero-order chi connectivity index (χ0) is 22.8. The number of unbranched alkanes of at least 4 members (excludes halogenated alkanes) is 1. The lowest BCUT2D eigenvalue weighted by Crippen LogP contribution is -2.29. The van der Waals surface area contributed by atoms with Gasteiger partial charge in [-0.15, -0.1) is 0 Å². The number of nitro groups is 1. The van der Waals surface area contributed by atoms with Crippen LogP contribution in [-0.4, -0.2) is 41.4 Å². The van der Waals surface area contributed by atoms with Gasteiger partial charge in [0, 0.05) is 17.7 Å². The van der Waals surface area contributed by atoms with E-state index in [9.17, 15) is 19.7 Å². The number of carboxylic acid groups (broad SMARTS) is 1. The lowest BCUT2D eigenvalue weighted by Gasteiger charge is -2.03. The van der Waals surface area contributed by atoms with Gasteiger partial charge in [0.05, 0.1) is 4.92 Å². The molecule has 0 saturated heterocycles. The number of hydrogen-bond donors (Lipinski definition) is 4. The van der Waals surface area contributed by atoms with Crippen LogP contribution in [0.25, 0.3) is 0 Å². The summed E-state index contributed by atoms with van der Waals surface area (Å²) in [4.78, 5) is 29.9. The summed E-state index contributed by atoms with van der Waals surface area (Å²) in [6, 6.07) is 14.9. The van der Waals surface area contributed by atoms with E-state index >= 15 is 0 Å². The van der Waals surface area contributed by atoms with Crippen molar-refractivity contribution in [3.63, 3.8) is 0 Å². The summed E-state index contributed by atoms with van der Waals surface area (Å²) in [5.41, 5.74) is 17.5. The van der Waals surface area contributed by atoms with Crippen LogP contribution >= 0.6 is 0 Å². The Morgan fingerprint density at radius 1 is 1.03 bits per heavy atom. The van der Waals surface area contributed by atoms with Crippen molar-refractivity contribution in [3.8, 4) is 0 Å². The Balaban J connectivity index is 0.000000423. The minimum atomic E-state index is -0.933. The molecule has 2 aromatic rings. The number of nitrogens with zero attached hydrogens (tertiary/aromatic N) is 1. The Bertz CT molecular complexity index is 739. The van der Waals surface area contributed by atoms with Crippen LogP contribution in [0.1, 0.15) is 35.2 Å². The Hall–Kier alpha value is -3.14. The maximum atomic E-state index is 10.1. The Labute approximate surface area is 176 Å². The normalized spacial score (nSPS) is 10.5. The average molecular weight is 418 g/mol. The highest BCUT2D eigenvalue weighted by molar-refractivity contribution is 5.75. The molecule has 0 fully saturated rings. The number of carboxylic acids is 1. The molecule has 0 saturated carbocycles. The van der Waals surface area contributed by atoms with Crippen LogP contribution in [0.2, 0.25) is 0 Å². The van der Waals surface area contributed by atoms with Crippen LogP contribution in [0.15, 0.2) is 54.6 Å². The van der Waals surface area contributed by atoms with Gasteiger partial charge >= 0.3 is 5.97 Å². The summed E-state index contributed by atoms with van der Waals surface area (Å²) >= 11 is 0. The summed E-state index contributed by atoms with van der Waals surface area (Å²) in [5.74, 6) is -0.933. The van der Waals surface area contributed by atoms with Crippen molar-refractivity contribution in [1.82, 2.24) is 0 Å². The standard InChI is InChI=1S/C8H11N.C7H5NO3.C6H14N2O2/c9-7-6-8-4-2-1-3-5-8;9-5-6-1-3-7(4-2-6)8(10)11;7-4-2-1-3-5(8)6(9)10/h1-5H,6-7,9H2;1-5H;5H,1-4,7-8H2,(H,9,10). The van der Waals surface area contributed by atoms with Crippen molar-refractivity contribution >= 4 is 17.9 Å². The maximum Gasteiger partial charge on any atom is 0.320 e. The molecule has 0 aromatic heterocycles. The van der Waals surface area contributed by atoms with Gasteiger partial charge in [-0.3, -0.25) is 19.7 Å². The van der Waals surface area contributed by atoms with Crippen molar-refractivity contribution in [1.29, 1.82) is 0 Å². The van der Waals surface area contributed by atoms with Gasteiger partial charge in [-0.25, -0.2) is 0 Å². The first-order valence-electron chi connectivity index (χ1n) is 9.47. The van der Waals surface area contributed by atoms with E-state index in [1.807, 2.05) is 18.2 Å². The first-order valence-corrected chi connectivity index (χ1v) is 9.47. The number of carbonyl (C=O) groups is 2. The highest BCUT2D eigenvalue weighted by Crippen LogP contribution is 2.10. The predicted molar refractivity (Wildman–Crippen MR) is 116 cm³/mol. The molecule has 9 nitrogen and oxygen atoms in total. The molecule has 0 radical (unpaired) electrons. The first-order chi connectivity index (χ1) is 14.3. The third-order valence-electron chi connectivity index (χ3n) is 3.80. The number of aldehydes is 1. The molecule has 0 bridgehead atoms. The number of carbonyl (C=O) groups excluding carboxylic acids is 1. The molecule has 1 atom stereocenters. The number of nitrogens with two attached hydrogens (primary N) is 3. The molecule has 164 valence electrons. The van der Waals surface area contributed by atoms with E-state index < -0.39 is 16.9 Å². The molecule has 0 spiro atoms. The molecule has 2 rings (SSSR count). The molecule has 0 amide bonds. The summed E-state index contributed by atoms with van der Waals surface area (Å²) in [6.07, 6.45) is 3.79. The lowest BCUT2D eigenvalue weighted by atomic mass is 10.1. The van der Waals surface area contributed by atoms with Crippen molar-refractivity contribution in [3.05, 3.63) is 75.8 Å². The largest absolute Gasteiger partial charge is 0.480 e. The molecule has 2 aromatic carbocycles. The van der Waals surface area contributed by atoms with Crippen LogP contribution in [0, 0.1) is 10.1 Å². The fourth-order valence-corrected chi connectivity index (χ4v) is 2.12. The third kappa shape index (κ3) is 13.1. The smallest absolute Gasteiger partial charge is 0.320 e. The maximum absolute atomic E-state index is 10.1. The van der Waals surface area contributed by atoms with Crippen molar-refractivity contribution in [2.24, 2.45) is 17.2 Å². The summed E-state index contributed by atoms with van der Waals surface area (Å²) in [5, 5.41) is 18.4. The molecule has 30 heavy (non-hydrogen) atoms. The SMILES string of the molecule is NCCCCC(N)C(=O)O.NCCc1ccccc1.O=Cc1ccc([N+](=O)[O-])cc1. The summed E-state index contributed by atoms with van der Waals surface area (Å²) < 4.78 is 0. The van der Waals surface area contributed by atoms with Gasteiger partial charge in [0.15, 0.2) is 0 Å². The van der Waals surface area contributed by atoms with Gasteiger partial charge < -0.3 is 22.3 Å². The lowest BCUT2D eigenvalue weighted by molar-refractivity contribution is -0.384. The van der Waals surface area contributed by atoms with E-state index in [1.54, 1.807) is 0 Å². The zero-order valence-corrected chi connectivity index (χ0v) is 16.9. The van der Waals surface area contributed by atoms with E-state index in [-0.39, 0.29) is 5.69 Å². The summed E-state index contributed by atoms with van der Waals surface area (Å²) in [7, 11) is 0. The van der Waals surface area contributed by atoms with E-state index in [0.29, 0.717) is 24.8 Å². The monoisotopic (exact) mass is 418 g/mol. The minimum Gasteiger partial charge on any atom is -0.480 e. The van der Waals surface area contributed by atoms with Gasteiger partial charge in [-0.2, -0.15) is 0 Å². The number of non-ortho nitro benzene ring substituents is 1. The highest BCUT2D eigenvalue weighted by atomic mass is 16.6. The average Bonchev–Trinajstić information content (AvgIpc) is 2.75. The van der Waals surface area contributed by atoms with Gasteiger partial charge in [0.2, 0.25) is 0 Å². The Morgan fingerprint density at radius 2 is 1.63 bits per heavy atom. The number of benzene rings is 2. The number of aliphatic carboxylic acids is 1. The zero-order valence-electron chi connectivity index (χ0n) is 16.9. The molecule has 0 heterocycles. The van der Waals surface area contributed by atoms with Crippen molar-refractivity contribution in [2.45, 2.75) is 31.7 Å². The Kier molecular flexibility index (Phi) is 15.0. The second-order valence-electron chi connectivity index (χ2n) is 6.22. The first kappa shape index (κ1) is 26.9. The fourth-order valence-electron chi connectivity index (χ4n) is 2.12. The molecular weight excluding hydrogens is 388 g/mol. The van der Waals surface area contributed by atoms with E-state index in [1.165, 1.54) is 29.8 Å². The molecule has 0 aliphatic heterocycles. The second-order valence-corrected chi connectivity index (χ2v) is 6.22. The van der Waals surface area contributed by atoms with Crippen LogP contribution in [-0.2, 0) is 11.2 Å². The quantitative estimate of drug-likeness (QED) is 0.207. The molecule has 0 aliphatic rings. The van der Waals surface area contributed by atoms with Crippen molar-refractivity contribution in [2.75, 3.05) is 13.1 Å². The number of rotatable bonds is 9. The van der Waals surface area contributed by atoms with Gasteiger partial charge in [-0.05, 0) is 50.0 Å². The molecule has 0 aliphatic carbocycles. The van der Waals surface area contributed by atoms with Crippen molar-refractivity contribution < 1.29 is 19.6 Å². The second kappa shape index (κ2) is 16.8. The molecular formula is C21H30N4O5. The van der Waals surface area contributed by atoms with Crippen LogP contribution in [0.5, 0.6) is 0 Å². The van der Waals surface area contributed by atoms with Gasteiger partial charge in [0.1, 0.15) is 12.3 Å². The van der Waals surface area contributed by atoms with E-state index in [4.69, 9.17) is 22.3 Å². The molecule has 9 heteroatoms. The van der Waals surface area contributed by atoms with Crippen LogP contribution < -0.4 is 17.2 Å². The minimum absolute atomic E-state index is 0.00407. The van der Waals surface area contributed by atoms with Gasteiger partial charge in [0.25, 0.3) is 5.69 Å². The van der Waals surface area contributed by atoms with E-state index in [2.05, 4.69) is 12.1 Å². The highest BCUT2D eigenvalue weighted by Gasteiger charge is 2.09. The van der Waals surface area contributed by atoms with Crippen LogP contribution in [0.4, 0.5) is 5.69 Å². The predicted octanol–water partition coefficient (Wildman–Crippen LogP) is 2.12. The third-order valence-corrected chi connectivity index (χ3v) is 3.80. The summed E-state index contributed by atoms with van der Waals surface area (Å²) in [6.45, 7) is 1.34.